The zero-order chi connectivity index (χ0) is 9.36. The third kappa shape index (κ3) is 4.72. The summed E-state index contributed by atoms with van der Waals surface area (Å²) in [7, 11) is 0. The summed E-state index contributed by atoms with van der Waals surface area (Å²) < 4.78 is 0. The quantitative estimate of drug-likeness (QED) is 0.573. The largest absolute Gasteiger partial charge is 0.0651 e. The lowest BCUT2D eigenvalue weighted by molar-refractivity contribution is 0.713. The van der Waals surface area contributed by atoms with E-state index in [0.717, 1.165) is 0 Å². The highest BCUT2D eigenvalue weighted by atomic mass is 14.0. The molecule has 0 aliphatic carbocycles. The number of aryl methyl sites for hydroxylation is 1. The maximum Gasteiger partial charge on any atom is -0.0279 e. The van der Waals surface area contributed by atoms with E-state index in [-0.39, 0.29) is 0 Å². The summed E-state index contributed by atoms with van der Waals surface area (Å²) in [5.74, 6) is 0. The Morgan fingerprint density at radius 3 is 2.54 bits per heavy atom. The van der Waals surface area contributed by atoms with Gasteiger partial charge < -0.3 is 0 Å². The Kier molecular flexibility index (Phi) is 5.31. The smallest absolute Gasteiger partial charge is 0.0279 e. The molecule has 0 atom stereocenters. The van der Waals surface area contributed by atoms with Gasteiger partial charge in [-0.2, -0.15) is 0 Å². The molecular formula is C13H19. The summed E-state index contributed by atoms with van der Waals surface area (Å²) in [6.45, 7) is 2.21. The zero-order valence-corrected chi connectivity index (χ0v) is 8.50. The average Bonchev–Trinajstić information content (AvgIpc) is 2.19. The molecule has 0 heterocycles. The highest BCUT2D eigenvalue weighted by molar-refractivity contribution is 5.14. The molecule has 1 radical (unpaired) electrons. The van der Waals surface area contributed by atoms with Crippen molar-refractivity contribution in [3.05, 3.63) is 42.3 Å². The van der Waals surface area contributed by atoms with Crippen molar-refractivity contribution in [3.63, 3.8) is 0 Å². The Morgan fingerprint density at radius 2 is 1.85 bits per heavy atom. The van der Waals surface area contributed by atoms with E-state index in [2.05, 4.69) is 43.7 Å². The molecule has 0 fully saturated rings. The van der Waals surface area contributed by atoms with Gasteiger partial charge in [0.05, 0.1) is 0 Å². The molecule has 13 heavy (non-hydrogen) atoms. The summed E-state index contributed by atoms with van der Waals surface area (Å²) in [6, 6.07) is 10.7. The molecule has 0 heteroatoms. The lowest BCUT2D eigenvalue weighted by Crippen LogP contribution is -1.85. The molecular weight excluding hydrogens is 156 g/mol. The van der Waals surface area contributed by atoms with E-state index in [9.17, 15) is 0 Å². The first-order chi connectivity index (χ1) is 6.43. The van der Waals surface area contributed by atoms with Gasteiger partial charge in [-0.05, 0) is 24.8 Å². The summed E-state index contributed by atoms with van der Waals surface area (Å²) in [4.78, 5) is 0. The van der Waals surface area contributed by atoms with E-state index < -0.39 is 0 Å². The Labute approximate surface area is 82.0 Å². The van der Waals surface area contributed by atoms with Crippen molar-refractivity contribution in [2.45, 2.75) is 39.0 Å². The molecule has 0 saturated carbocycles. The highest BCUT2D eigenvalue weighted by Crippen LogP contribution is 2.07. The van der Waals surface area contributed by atoms with Crippen LogP contribution in [0.3, 0.4) is 0 Å². The van der Waals surface area contributed by atoms with Crippen LogP contribution in [-0.2, 0) is 6.42 Å². The SMILES string of the molecule is CC[CH]CCCCc1ccccc1. The fraction of sp³-hybridized carbons (Fsp3) is 0.462. The van der Waals surface area contributed by atoms with Gasteiger partial charge in [-0.3, -0.25) is 0 Å². The normalized spacial score (nSPS) is 10.2. The molecule has 0 bridgehead atoms. The van der Waals surface area contributed by atoms with Gasteiger partial charge in [-0.15, -0.1) is 0 Å². The Hall–Kier alpha value is -0.780. The van der Waals surface area contributed by atoms with Gasteiger partial charge in [0.25, 0.3) is 0 Å². The van der Waals surface area contributed by atoms with Crippen LogP contribution in [0.15, 0.2) is 30.3 Å². The van der Waals surface area contributed by atoms with E-state index in [0.29, 0.717) is 0 Å². The van der Waals surface area contributed by atoms with Crippen LogP contribution in [0.1, 0.15) is 38.2 Å². The Balaban J connectivity index is 2.07. The van der Waals surface area contributed by atoms with Gasteiger partial charge in [-0.1, -0.05) is 56.5 Å². The van der Waals surface area contributed by atoms with Gasteiger partial charge in [0, 0.05) is 0 Å². The van der Waals surface area contributed by atoms with E-state index in [1.165, 1.54) is 37.7 Å². The number of hydrogen-bond donors (Lipinski definition) is 0. The van der Waals surface area contributed by atoms with Crippen molar-refractivity contribution in [2.24, 2.45) is 0 Å². The van der Waals surface area contributed by atoms with E-state index in [4.69, 9.17) is 0 Å². The molecule has 71 valence electrons. The van der Waals surface area contributed by atoms with Gasteiger partial charge in [0.2, 0.25) is 0 Å². The number of hydrogen-bond acceptors (Lipinski definition) is 0. The zero-order valence-electron chi connectivity index (χ0n) is 8.50. The fourth-order valence-corrected chi connectivity index (χ4v) is 1.47. The topological polar surface area (TPSA) is 0 Å². The van der Waals surface area contributed by atoms with E-state index in [1.807, 2.05) is 0 Å². The predicted molar refractivity (Wildman–Crippen MR) is 58.6 cm³/mol. The predicted octanol–water partition coefficient (Wildman–Crippen LogP) is 4.01. The molecule has 0 aliphatic rings. The molecule has 0 aromatic heterocycles. The molecule has 0 unspecified atom stereocenters. The van der Waals surface area contributed by atoms with Crippen molar-refractivity contribution in [3.8, 4) is 0 Å². The van der Waals surface area contributed by atoms with E-state index in [1.54, 1.807) is 0 Å². The second-order valence-corrected chi connectivity index (χ2v) is 3.43. The van der Waals surface area contributed by atoms with Crippen LogP contribution in [0.4, 0.5) is 0 Å². The van der Waals surface area contributed by atoms with Crippen molar-refractivity contribution in [1.82, 2.24) is 0 Å². The second kappa shape index (κ2) is 6.71. The van der Waals surface area contributed by atoms with Crippen LogP contribution in [-0.4, -0.2) is 0 Å². The molecule has 0 nitrogen and oxygen atoms in total. The first-order valence-electron chi connectivity index (χ1n) is 5.29. The van der Waals surface area contributed by atoms with Crippen molar-refractivity contribution in [2.75, 3.05) is 0 Å². The molecule has 0 amide bonds. The standard InChI is InChI=1S/C13H19/c1-2-3-4-5-7-10-13-11-8-6-9-12-13/h3,6,8-9,11-12H,2,4-5,7,10H2,1H3. The third-order valence-corrected chi connectivity index (χ3v) is 2.26. The lowest BCUT2D eigenvalue weighted by atomic mass is 10.1. The van der Waals surface area contributed by atoms with Crippen LogP contribution in [0.25, 0.3) is 0 Å². The van der Waals surface area contributed by atoms with Gasteiger partial charge in [0.1, 0.15) is 0 Å². The third-order valence-electron chi connectivity index (χ3n) is 2.26. The molecule has 0 saturated heterocycles. The summed E-state index contributed by atoms with van der Waals surface area (Å²) >= 11 is 0. The average molecular weight is 175 g/mol. The van der Waals surface area contributed by atoms with Crippen LogP contribution in [0.2, 0.25) is 0 Å². The number of unbranched alkanes of at least 4 members (excludes halogenated alkanes) is 4. The summed E-state index contributed by atoms with van der Waals surface area (Å²) in [5, 5.41) is 0. The summed E-state index contributed by atoms with van der Waals surface area (Å²) in [5.41, 5.74) is 1.47. The van der Waals surface area contributed by atoms with Crippen molar-refractivity contribution >= 4 is 0 Å². The molecule has 1 aromatic rings. The minimum atomic E-state index is 1.21. The molecule has 1 aromatic carbocycles. The number of rotatable bonds is 6. The Morgan fingerprint density at radius 1 is 1.08 bits per heavy atom. The molecule has 0 N–H and O–H groups in total. The van der Waals surface area contributed by atoms with Gasteiger partial charge in [0.15, 0.2) is 0 Å². The van der Waals surface area contributed by atoms with E-state index >= 15 is 0 Å². The van der Waals surface area contributed by atoms with Crippen molar-refractivity contribution < 1.29 is 0 Å². The second-order valence-electron chi connectivity index (χ2n) is 3.43. The molecule has 1 rings (SSSR count). The van der Waals surface area contributed by atoms with Crippen LogP contribution in [0, 0.1) is 6.42 Å². The maximum absolute atomic E-state index is 2.37. The lowest BCUT2D eigenvalue weighted by Gasteiger charge is -2.00. The van der Waals surface area contributed by atoms with Crippen LogP contribution >= 0.6 is 0 Å². The minimum Gasteiger partial charge on any atom is -0.0651 e. The van der Waals surface area contributed by atoms with Gasteiger partial charge >= 0.3 is 0 Å². The summed E-state index contributed by atoms with van der Waals surface area (Å²) in [6.07, 6.45) is 8.75. The maximum atomic E-state index is 2.37. The highest BCUT2D eigenvalue weighted by Gasteiger charge is 1.91. The molecule has 0 spiro atoms. The van der Waals surface area contributed by atoms with Crippen molar-refractivity contribution in [1.29, 1.82) is 0 Å². The minimum absolute atomic E-state index is 1.21. The first kappa shape index (κ1) is 10.3. The first-order valence-corrected chi connectivity index (χ1v) is 5.29. The van der Waals surface area contributed by atoms with Crippen LogP contribution < -0.4 is 0 Å². The molecule has 0 aliphatic heterocycles. The fourth-order valence-electron chi connectivity index (χ4n) is 1.47. The number of benzene rings is 1. The van der Waals surface area contributed by atoms with Gasteiger partial charge in [-0.25, -0.2) is 0 Å². The Bertz CT molecular complexity index is 201. The van der Waals surface area contributed by atoms with Crippen LogP contribution in [0.5, 0.6) is 0 Å². The monoisotopic (exact) mass is 175 g/mol.